The molecule has 0 bridgehead atoms. The average molecular weight is 441 g/mol. The van der Waals surface area contributed by atoms with Gasteiger partial charge in [-0.2, -0.15) is 4.98 Å². The van der Waals surface area contributed by atoms with Crippen LogP contribution in [0.3, 0.4) is 0 Å². The van der Waals surface area contributed by atoms with E-state index in [0.717, 1.165) is 35.4 Å². The van der Waals surface area contributed by atoms with Crippen LogP contribution in [-0.2, 0) is 4.79 Å². The summed E-state index contributed by atoms with van der Waals surface area (Å²) in [6.45, 7) is 0. The molecule has 1 unspecified atom stereocenters. The van der Waals surface area contributed by atoms with Crippen molar-refractivity contribution in [2.45, 2.75) is 25.3 Å². The molecule has 8 heteroatoms. The predicted octanol–water partition coefficient (Wildman–Crippen LogP) is 5.28. The number of aromatic nitrogens is 3. The summed E-state index contributed by atoms with van der Waals surface area (Å²) in [5.74, 6) is 1.90. The number of anilines is 1. The van der Waals surface area contributed by atoms with E-state index in [9.17, 15) is 4.79 Å². The molecule has 1 aliphatic heterocycles. The third-order valence-corrected chi connectivity index (χ3v) is 6.00. The van der Waals surface area contributed by atoms with Crippen molar-refractivity contribution in [3.8, 4) is 17.1 Å². The number of carbonyl (C=O) groups is 1. The van der Waals surface area contributed by atoms with Gasteiger partial charge in [-0.25, -0.2) is 4.68 Å². The normalized spacial score (nSPS) is 18.0. The van der Waals surface area contributed by atoms with Gasteiger partial charge in [-0.05, 0) is 48.7 Å². The molecule has 2 heterocycles. The molecule has 152 valence electrons. The van der Waals surface area contributed by atoms with Gasteiger partial charge in [0.05, 0.1) is 12.1 Å². The fourth-order valence-corrected chi connectivity index (χ4v) is 4.55. The summed E-state index contributed by atoms with van der Waals surface area (Å²) < 4.78 is 7.17. The molecule has 2 aromatic carbocycles. The molecule has 0 saturated carbocycles. The highest BCUT2D eigenvalue weighted by Crippen LogP contribution is 2.41. The highest BCUT2D eigenvalue weighted by molar-refractivity contribution is 6.36. The molecule has 0 saturated heterocycles. The van der Waals surface area contributed by atoms with Crippen LogP contribution in [0.4, 0.5) is 5.95 Å². The number of nitrogens with one attached hydrogen (secondary N) is 1. The molecule has 0 spiro atoms. The van der Waals surface area contributed by atoms with E-state index in [-0.39, 0.29) is 11.8 Å². The maximum absolute atomic E-state index is 12.9. The molecule has 3 aromatic rings. The predicted molar refractivity (Wildman–Crippen MR) is 116 cm³/mol. The fourth-order valence-electron chi connectivity index (χ4n) is 4.06. The molecule has 0 radical (unpaired) electrons. The van der Waals surface area contributed by atoms with Crippen molar-refractivity contribution in [3.63, 3.8) is 0 Å². The number of benzene rings is 2. The highest BCUT2D eigenvalue weighted by atomic mass is 35.5. The monoisotopic (exact) mass is 440 g/mol. The van der Waals surface area contributed by atoms with Gasteiger partial charge in [-0.1, -0.05) is 35.3 Å². The SMILES string of the molecule is COc1cccc(C2C3=C(CCCC3=O)Nc3nc(-c4ccc(Cl)cc4Cl)nn32)c1. The first kappa shape index (κ1) is 19.2. The van der Waals surface area contributed by atoms with Crippen molar-refractivity contribution in [1.82, 2.24) is 14.8 Å². The van der Waals surface area contributed by atoms with Gasteiger partial charge in [0.1, 0.15) is 11.8 Å². The minimum atomic E-state index is -0.383. The van der Waals surface area contributed by atoms with Crippen molar-refractivity contribution < 1.29 is 9.53 Å². The lowest BCUT2D eigenvalue weighted by Crippen LogP contribution is -2.31. The Morgan fingerprint density at radius 1 is 1.17 bits per heavy atom. The Bertz CT molecular complexity index is 1200. The summed E-state index contributed by atoms with van der Waals surface area (Å²) in [5.41, 5.74) is 3.24. The Kier molecular flexibility index (Phi) is 4.76. The zero-order chi connectivity index (χ0) is 20.8. The lowest BCUT2D eigenvalue weighted by Gasteiger charge is -2.32. The molecule has 30 heavy (non-hydrogen) atoms. The van der Waals surface area contributed by atoms with Crippen LogP contribution < -0.4 is 10.1 Å². The molecular weight excluding hydrogens is 423 g/mol. The van der Waals surface area contributed by atoms with Gasteiger partial charge >= 0.3 is 0 Å². The van der Waals surface area contributed by atoms with E-state index in [2.05, 4.69) is 10.3 Å². The Labute approximate surface area is 183 Å². The molecule has 1 atom stereocenters. The van der Waals surface area contributed by atoms with Crippen LogP contribution in [0.25, 0.3) is 11.4 Å². The summed E-state index contributed by atoms with van der Waals surface area (Å²) in [5, 5.41) is 9.08. The molecule has 1 aliphatic carbocycles. The number of ether oxygens (including phenoxy) is 1. The van der Waals surface area contributed by atoms with Crippen LogP contribution >= 0.6 is 23.2 Å². The molecule has 6 nitrogen and oxygen atoms in total. The first-order valence-electron chi connectivity index (χ1n) is 9.64. The lowest BCUT2D eigenvalue weighted by atomic mass is 9.85. The minimum absolute atomic E-state index is 0.129. The number of fused-ring (bicyclic) bond motifs is 1. The maximum atomic E-state index is 12.9. The number of hydrogen-bond donors (Lipinski definition) is 1. The van der Waals surface area contributed by atoms with Crippen molar-refractivity contribution in [1.29, 1.82) is 0 Å². The lowest BCUT2D eigenvalue weighted by molar-refractivity contribution is -0.116. The van der Waals surface area contributed by atoms with Gasteiger partial charge in [0.25, 0.3) is 0 Å². The van der Waals surface area contributed by atoms with E-state index < -0.39 is 0 Å². The smallest absolute Gasteiger partial charge is 0.226 e. The number of halogens is 2. The van der Waals surface area contributed by atoms with Gasteiger partial charge in [0.2, 0.25) is 5.95 Å². The van der Waals surface area contributed by atoms with E-state index in [1.54, 1.807) is 30.0 Å². The van der Waals surface area contributed by atoms with E-state index in [1.165, 1.54) is 0 Å². The van der Waals surface area contributed by atoms with E-state index in [1.807, 2.05) is 24.3 Å². The van der Waals surface area contributed by atoms with Gasteiger partial charge in [0.15, 0.2) is 11.6 Å². The molecular formula is C22H18Cl2N4O2. The number of methoxy groups -OCH3 is 1. The largest absolute Gasteiger partial charge is 0.497 e. The third-order valence-electron chi connectivity index (χ3n) is 5.45. The van der Waals surface area contributed by atoms with Gasteiger partial charge in [-0.3, -0.25) is 4.79 Å². The number of allylic oxidation sites excluding steroid dienone is 2. The summed E-state index contributed by atoms with van der Waals surface area (Å²) >= 11 is 12.4. The maximum Gasteiger partial charge on any atom is 0.226 e. The Morgan fingerprint density at radius 3 is 2.83 bits per heavy atom. The summed E-state index contributed by atoms with van der Waals surface area (Å²) in [6.07, 6.45) is 2.14. The molecule has 5 rings (SSSR count). The van der Waals surface area contributed by atoms with E-state index >= 15 is 0 Å². The van der Waals surface area contributed by atoms with Crippen LogP contribution in [0.5, 0.6) is 5.75 Å². The first-order chi connectivity index (χ1) is 14.5. The summed E-state index contributed by atoms with van der Waals surface area (Å²) in [4.78, 5) is 17.6. The quantitative estimate of drug-likeness (QED) is 0.599. The second kappa shape index (κ2) is 7.45. The van der Waals surface area contributed by atoms with Crippen LogP contribution in [0.1, 0.15) is 30.9 Å². The number of nitrogens with zero attached hydrogens (tertiary/aromatic N) is 3. The summed E-state index contributed by atoms with van der Waals surface area (Å²) in [7, 11) is 1.62. The molecule has 0 fully saturated rings. The third kappa shape index (κ3) is 3.16. The molecule has 1 N–H and O–H groups in total. The molecule has 0 amide bonds. The zero-order valence-corrected chi connectivity index (χ0v) is 17.7. The van der Waals surface area contributed by atoms with Crippen molar-refractivity contribution in [3.05, 3.63) is 69.3 Å². The second-order valence-corrected chi connectivity index (χ2v) is 8.14. The average Bonchev–Trinajstić information content (AvgIpc) is 3.15. The van der Waals surface area contributed by atoms with Crippen LogP contribution in [0, 0.1) is 0 Å². The number of Topliss-reactive ketones (excluding diaryl/α,β-unsaturated/α-hetero) is 1. The molecule has 2 aliphatic rings. The van der Waals surface area contributed by atoms with Crippen LogP contribution in [0.15, 0.2) is 53.7 Å². The van der Waals surface area contributed by atoms with Crippen molar-refractivity contribution in [2.24, 2.45) is 0 Å². The van der Waals surface area contributed by atoms with Crippen molar-refractivity contribution in [2.75, 3.05) is 12.4 Å². The zero-order valence-electron chi connectivity index (χ0n) is 16.2. The number of hydrogen-bond acceptors (Lipinski definition) is 5. The standard InChI is InChI=1S/C22H18Cl2N4O2/c1-30-14-5-2-4-12(10-14)20-19-17(6-3-7-18(19)29)25-22-26-21(27-28(20)22)15-9-8-13(23)11-16(15)24/h2,4-5,8-11,20H,3,6-7H2,1H3,(H,25,26,27). The van der Waals surface area contributed by atoms with Crippen molar-refractivity contribution >= 4 is 34.9 Å². The number of rotatable bonds is 3. The topological polar surface area (TPSA) is 69.0 Å². The molecule has 1 aromatic heterocycles. The second-order valence-electron chi connectivity index (χ2n) is 7.30. The number of carbonyl (C=O) groups excluding carboxylic acids is 1. The van der Waals surface area contributed by atoms with Gasteiger partial charge in [-0.15, -0.1) is 5.10 Å². The Morgan fingerprint density at radius 2 is 2.03 bits per heavy atom. The number of ketones is 1. The summed E-state index contributed by atoms with van der Waals surface area (Å²) in [6, 6.07) is 12.5. The van der Waals surface area contributed by atoms with Gasteiger partial charge < -0.3 is 10.1 Å². The van der Waals surface area contributed by atoms with E-state index in [4.69, 9.17) is 33.0 Å². The first-order valence-corrected chi connectivity index (χ1v) is 10.4. The minimum Gasteiger partial charge on any atom is -0.497 e. The Hall–Kier alpha value is -2.83. The van der Waals surface area contributed by atoms with Crippen LogP contribution in [0.2, 0.25) is 10.0 Å². The highest BCUT2D eigenvalue weighted by Gasteiger charge is 2.37. The van der Waals surface area contributed by atoms with E-state index in [0.29, 0.717) is 33.8 Å². The Balaban J connectivity index is 1.68. The fraction of sp³-hybridized carbons (Fsp3) is 0.227. The van der Waals surface area contributed by atoms with Gasteiger partial charge in [0, 0.05) is 28.3 Å². The van der Waals surface area contributed by atoms with Crippen LogP contribution in [-0.4, -0.2) is 27.7 Å².